The fourth-order valence-electron chi connectivity index (χ4n) is 2.02. The molecule has 0 spiro atoms. The van der Waals surface area contributed by atoms with E-state index in [1.807, 2.05) is 32.8 Å². The third-order valence-electron chi connectivity index (χ3n) is 2.75. The summed E-state index contributed by atoms with van der Waals surface area (Å²) >= 11 is 1.21. The predicted octanol–water partition coefficient (Wildman–Crippen LogP) is 1.15. The summed E-state index contributed by atoms with van der Waals surface area (Å²) in [7, 11) is 0.479. The number of nitrogens with one attached hydrogen (secondary N) is 1. The normalized spacial score (nSPS) is 13.1. The van der Waals surface area contributed by atoms with Crippen molar-refractivity contribution in [1.82, 2.24) is 9.62 Å². The molecule has 0 bridgehead atoms. The van der Waals surface area contributed by atoms with Crippen molar-refractivity contribution in [2.75, 3.05) is 33.8 Å². The van der Waals surface area contributed by atoms with Crippen molar-refractivity contribution in [3.05, 3.63) is 17.0 Å². The molecular weight excluding hydrogens is 296 g/mol. The molecule has 0 aliphatic rings. The lowest BCUT2D eigenvalue weighted by molar-refractivity contribution is 0.242. The summed E-state index contributed by atoms with van der Waals surface area (Å²) in [6.45, 7) is 5.28. The number of aliphatic hydroxyl groups is 1. The molecule has 0 atom stereocenters. The molecule has 0 unspecified atom stereocenters. The minimum absolute atomic E-state index is 0.0310. The highest BCUT2D eigenvalue weighted by Gasteiger charge is 2.24. The Morgan fingerprint density at radius 3 is 2.55 bits per heavy atom. The van der Waals surface area contributed by atoms with Crippen LogP contribution in [0, 0.1) is 5.41 Å². The first-order valence-corrected chi connectivity index (χ1v) is 8.80. The van der Waals surface area contributed by atoms with E-state index in [1.54, 1.807) is 12.1 Å². The smallest absolute Gasteiger partial charge is 0.250 e. The van der Waals surface area contributed by atoms with Gasteiger partial charge in [-0.2, -0.15) is 0 Å². The Bertz CT molecular complexity index is 521. The van der Waals surface area contributed by atoms with Crippen LogP contribution in [0.25, 0.3) is 0 Å². The highest BCUT2D eigenvalue weighted by molar-refractivity contribution is 7.91. The van der Waals surface area contributed by atoms with E-state index in [-0.39, 0.29) is 12.0 Å². The molecular formula is C13H24N2O3S2. The lowest BCUT2D eigenvalue weighted by Crippen LogP contribution is -2.39. The van der Waals surface area contributed by atoms with Gasteiger partial charge in [0, 0.05) is 31.0 Å². The van der Waals surface area contributed by atoms with E-state index in [1.165, 1.54) is 11.3 Å². The van der Waals surface area contributed by atoms with E-state index in [9.17, 15) is 8.42 Å². The number of aliphatic hydroxyl groups excluding tert-OH is 1. The van der Waals surface area contributed by atoms with Gasteiger partial charge in [0.25, 0.3) is 0 Å². The molecule has 0 saturated carbocycles. The molecule has 0 amide bonds. The Morgan fingerprint density at radius 1 is 1.35 bits per heavy atom. The summed E-state index contributed by atoms with van der Waals surface area (Å²) in [4.78, 5) is 2.92. The van der Waals surface area contributed by atoms with Crippen molar-refractivity contribution in [3.63, 3.8) is 0 Å². The van der Waals surface area contributed by atoms with Gasteiger partial charge < -0.3 is 10.0 Å². The quantitative estimate of drug-likeness (QED) is 0.754. The van der Waals surface area contributed by atoms with Gasteiger partial charge in [-0.1, -0.05) is 13.8 Å². The number of sulfonamides is 1. The van der Waals surface area contributed by atoms with Crippen LogP contribution in [0.1, 0.15) is 18.7 Å². The minimum Gasteiger partial charge on any atom is -0.396 e. The Labute approximate surface area is 125 Å². The molecule has 0 aromatic carbocycles. The van der Waals surface area contributed by atoms with Crippen LogP contribution in [0.4, 0.5) is 0 Å². The molecule has 7 heteroatoms. The zero-order valence-electron chi connectivity index (χ0n) is 12.5. The first-order chi connectivity index (χ1) is 9.16. The van der Waals surface area contributed by atoms with E-state index in [0.29, 0.717) is 17.2 Å². The average molecular weight is 320 g/mol. The van der Waals surface area contributed by atoms with Crippen molar-refractivity contribution in [1.29, 1.82) is 0 Å². The molecule has 2 N–H and O–H groups in total. The van der Waals surface area contributed by atoms with Crippen LogP contribution in [0.15, 0.2) is 16.3 Å². The van der Waals surface area contributed by atoms with Gasteiger partial charge in [-0.05, 0) is 31.6 Å². The van der Waals surface area contributed by atoms with Gasteiger partial charge in [-0.15, -0.1) is 11.3 Å². The molecule has 20 heavy (non-hydrogen) atoms. The number of rotatable bonds is 8. The zero-order valence-corrected chi connectivity index (χ0v) is 14.1. The van der Waals surface area contributed by atoms with Crippen LogP contribution in [-0.2, 0) is 16.4 Å². The van der Waals surface area contributed by atoms with Crippen molar-refractivity contribution >= 4 is 21.4 Å². The van der Waals surface area contributed by atoms with Crippen molar-refractivity contribution < 1.29 is 13.5 Å². The predicted molar refractivity (Wildman–Crippen MR) is 82.6 cm³/mol. The SMILES string of the molecule is CN(C)CC(C)(C)CNS(=O)(=O)c1ccc(CCO)s1. The lowest BCUT2D eigenvalue weighted by atomic mass is 9.93. The lowest BCUT2D eigenvalue weighted by Gasteiger charge is -2.28. The Kier molecular flexibility index (Phi) is 6.15. The molecule has 1 aromatic rings. The van der Waals surface area contributed by atoms with E-state index < -0.39 is 10.0 Å². The standard InChI is InChI=1S/C13H24N2O3S2/c1-13(2,10-15(3)4)9-14-20(17,18)12-6-5-11(19-12)7-8-16/h5-6,14,16H,7-10H2,1-4H3. The summed E-state index contributed by atoms with van der Waals surface area (Å²) in [5, 5.41) is 8.86. The molecule has 1 heterocycles. The summed E-state index contributed by atoms with van der Waals surface area (Å²) < 4.78 is 27.4. The van der Waals surface area contributed by atoms with Crippen LogP contribution >= 0.6 is 11.3 Å². The highest BCUT2D eigenvalue weighted by Crippen LogP contribution is 2.23. The second kappa shape index (κ2) is 7.00. The number of nitrogens with zero attached hydrogens (tertiary/aromatic N) is 1. The minimum atomic E-state index is -3.46. The maximum atomic E-state index is 12.2. The molecule has 0 aliphatic carbocycles. The van der Waals surface area contributed by atoms with E-state index in [4.69, 9.17) is 5.11 Å². The molecule has 5 nitrogen and oxygen atoms in total. The third kappa shape index (κ3) is 5.49. The van der Waals surface area contributed by atoms with Crippen LogP contribution in [0.2, 0.25) is 0 Å². The largest absolute Gasteiger partial charge is 0.396 e. The maximum absolute atomic E-state index is 12.2. The van der Waals surface area contributed by atoms with Gasteiger partial charge in [0.15, 0.2) is 0 Å². The first-order valence-electron chi connectivity index (χ1n) is 6.50. The molecule has 1 aromatic heterocycles. The Morgan fingerprint density at radius 2 is 2.00 bits per heavy atom. The van der Waals surface area contributed by atoms with Crippen LogP contribution in [-0.4, -0.2) is 52.2 Å². The topological polar surface area (TPSA) is 69.6 Å². The van der Waals surface area contributed by atoms with Gasteiger partial charge in [0.1, 0.15) is 4.21 Å². The first kappa shape index (κ1) is 17.6. The summed E-state index contributed by atoms with van der Waals surface area (Å²) in [5.41, 5.74) is -0.137. The summed E-state index contributed by atoms with van der Waals surface area (Å²) in [6.07, 6.45) is 0.492. The van der Waals surface area contributed by atoms with Gasteiger partial charge in [0.05, 0.1) is 0 Å². The second-order valence-corrected chi connectivity index (χ2v) is 9.08. The van der Waals surface area contributed by atoms with Gasteiger partial charge in [0.2, 0.25) is 10.0 Å². The van der Waals surface area contributed by atoms with Crippen LogP contribution in [0.3, 0.4) is 0 Å². The molecule has 0 aliphatic heterocycles. The van der Waals surface area contributed by atoms with E-state index in [0.717, 1.165) is 11.4 Å². The molecule has 116 valence electrons. The van der Waals surface area contributed by atoms with Gasteiger partial charge >= 0.3 is 0 Å². The number of hydrogen-bond acceptors (Lipinski definition) is 5. The van der Waals surface area contributed by atoms with Crippen LogP contribution in [0.5, 0.6) is 0 Å². The number of hydrogen-bond donors (Lipinski definition) is 2. The second-order valence-electron chi connectivity index (χ2n) is 5.92. The monoisotopic (exact) mass is 320 g/mol. The summed E-state index contributed by atoms with van der Waals surface area (Å²) in [6, 6.07) is 3.34. The number of thiophene rings is 1. The highest BCUT2D eigenvalue weighted by atomic mass is 32.2. The average Bonchev–Trinajstić information content (AvgIpc) is 2.75. The van der Waals surface area contributed by atoms with Gasteiger partial charge in [-0.25, -0.2) is 13.1 Å². The van der Waals surface area contributed by atoms with E-state index in [2.05, 4.69) is 4.72 Å². The molecule has 0 saturated heterocycles. The maximum Gasteiger partial charge on any atom is 0.250 e. The van der Waals surface area contributed by atoms with Crippen molar-refractivity contribution in [2.45, 2.75) is 24.5 Å². The fraction of sp³-hybridized carbons (Fsp3) is 0.692. The van der Waals surface area contributed by atoms with Crippen molar-refractivity contribution in [3.8, 4) is 0 Å². The molecule has 0 fully saturated rings. The Balaban J connectivity index is 2.69. The van der Waals surface area contributed by atoms with Gasteiger partial charge in [-0.3, -0.25) is 0 Å². The van der Waals surface area contributed by atoms with Crippen molar-refractivity contribution in [2.24, 2.45) is 5.41 Å². The van der Waals surface area contributed by atoms with E-state index >= 15 is 0 Å². The fourth-order valence-corrected chi connectivity index (χ4v) is 4.65. The zero-order chi connectivity index (χ0) is 15.4. The Hall–Kier alpha value is -0.470. The molecule has 1 rings (SSSR count). The molecule has 0 radical (unpaired) electrons. The van der Waals surface area contributed by atoms with Crippen LogP contribution < -0.4 is 4.72 Å². The third-order valence-corrected chi connectivity index (χ3v) is 5.78. The summed E-state index contributed by atoms with van der Waals surface area (Å²) in [5.74, 6) is 0.